The molecule has 2 N–H and O–H groups in total. The van der Waals surface area contributed by atoms with Gasteiger partial charge in [0, 0.05) is 38.0 Å². The molecule has 0 spiro atoms. The average molecular weight is 561 g/mol. The van der Waals surface area contributed by atoms with Crippen LogP contribution in [0.15, 0.2) is 107 Å². The summed E-state index contributed by atoms with van der Waals surface area (Å²) in [5.41, 5.74) is 1.85. The van der Waals surface area contributed by atoms with Crippen LogP contribution < -0.4 is 10.6 Å². The Labute approximate surface area is 236 Å². The van der Waals surface area contributed by atoms with Gasteiger partial charge >= 0.3 is 6.03 Å². The van der Waals surface area contributed by atoms with Crippen LogP contribution >= 0.6 is 0 Å². The van der Waals surface area contributed by atoms with E-state index in [1.54, 1.807) is 23.1 Å². The molecule has 1 aliphatic rings. The third-order valence-electron chi connectivity index (χ3n) is 6.88. The molecule has 0 saturated carbocycles. The Morgan fingerprint density at radius 3 is 1.88 bits per heavy atom. The molecule has 2 atom stereocenters. The van der Waals surface area contributed by atoms with Crippen molar-refractivity contribution in [3.63, 3.8) is 0 Å². The Morgan fingerprint density at radius 2 is 1.30 bits per heavy atom. The van der Waals surface area contributed by atoms with Crippen LogP contribution in [0, 0.1) is 0 Å². The zero-order valence-corrected chi connectivity index (χ0v) is 23.5. The lowest BCUT2D eigenvalue weighted by Gasteiger charge is -2.33. The molecule has 2 unspecified atom stereocenters. The number of hydrogen-bond donors (Lipinski definition) is 2. The minimum Gasteiger partial charge on any atom is -0.348 e. The van der Waals surface area contributed by atoms with Crippen molar-refractivity contribution < 1.29 is 18.0 Å². The number of rotatable bonds is 10. The Bertz CT molecular complexity index is 1370. The fraction of sp³-hybridized carbons (Fsp3) is 0.290. The Kier molecular flexibility index (Phi) is 10.1. The largest absolute Gasteiger partial charge is 0.348 e. The number of piperazine rings is 1. The lowest BCUT2D eigenvalue weighted by molar-refractivity contribution is -0.123. The summed E-state index contributed by atoms with van der Waals surface area (Å²) in [6.45, 7) is 2.70. The van der Waals surface area contributed by atoms with E-state index in [1.165, 1.54) is 18.2 Å². The van der Waals surface area contributed by atoms with Gasteiger partial charge in [0.1, 0.15) is 6.04 Å². The van der Waals surface area contributed by atoms with Gasteiger partial charge in [-0.15, -0.1) is 0 Å². The van der Waals surface area contributed by atoms with E-state index < -0.39 is 21.9 Å². The highest BCUT2D eigenvalue weighted by Gasteiger charge is 2.27. The first-order valence-corrected chi connectivity index (χ1v) is 15.0. The number of nitrogens with one attached hydrogen (secondary N) is 2. The van der Waals surface area contributed by atoms with Gasteiger partial charge in [0.15, 0.2) is 9.84 Å². The first-order valence-electron chi connectivity index (χ1n) is 13.4. The topological polar surface area (TPSA) is 98.8 Å². The Hall–Kier alpha value is -3.95. The zero-order valence-electron chi connectivity index (χ0n) is 22.6. The third-order valence-corrected chi connectivity index (χ3v) is 8.32. The summed E-state index contributed by atoms with van der Waals surface area (Å²) in [5.74, 6) is -0.381. The van der Waals surface area contributed by atoms with Crippen molar-refractivity contribution in [3.8, 4) is 0 Å². The molecule has 0 aliphatic carbocycles. The smallest absolute Gasteiger partial charge is 0.318 e. The first-order chi connectivity index (χ1) is 19.3. The molecule has 0 radical (unpaired) electrons. The first kappa shape index (κ1) is 29.0. The fourth-order valence-corrected chi connectivity index (χ4v) is 5.60. The molecular weight excluding hydrogens is 524 g/mol. The van der Waals surface area contributed by atoms with E-state index in [9.17, 15) is 18.0 Å². The number of amides is 3. The molecule has 1 heterocycles. The molecule has 1 fully saturated rings. The van der Waals surface area contributed by atoms with Crippen LogP contribution in [-0.2, 0) is 27.5 Å². The molecular formula is C31H36N4O4S. The number of urea groups is 1. The molecule has 0 bridgehead atoms. The Morgan fingerprint density at radius 1 is 0.775 bits per heavy atom. The highest BCUT2D eigenvalue weighted by atomic mass is 32.2. The van der Waals surface area contributed by atoms with Crippen LogP contribution in [-0.4, -0.2) is 75.5 Å². The van der Waals surface area contributed by atoms with E-state index in [0.29, 0.717) is 25.9 Å². The summed E-state index contributed by atoms with van der Waals surface area (Å²) in [6, 6.07) is 25.5. The number of carbonyl (C=O) groups is 2. The van der Waals surface area contributed by atoms with Gasteiger partial charge in [-0.1, -0.05) is 84.9 Å². The van der Waals surface area contributed by atoms with Crippen LogP contribution in [0.4, 0.5) is 4.79 Å². The molecule has 4 rings (SSSR count). The third kappa shape index (κ3) is 8.53. The van der Waals surface area contributed by atoms with Crippen molar-refractivity contribution >= 4 is 21.8 Å². The summed E-state index contributed by atoms with van der Waals surface area (Å²) in [5, 5.41) is 7.07. The molecule has 40 heavy (non-hydrogen) atoms. The lowest BCUT2D eigenvalue weighted by atomic mass is 10.0. The van der Waals surface area contributed by atoms with Gasteiger partial charge in [0.2, 0.25) is 5.91 Å². The van der Waals surface area contributed by atoms with E-state index in [1.807, 2.05) is 67.7 Å². The molecule has 8 nitrogen and oxygen atoms in total. The molecule has 1 saturated heterocycles. The second-order valence-corrected chi connectivity index (χ2v) is 11.8. The van der Waals surface area contributed by atoms with E-state index in [0.717, 1.165) is 29.6 Å². The van der Waals surface area contributed by atoms with E-state index >= 15 is 0 Å². The number of benzene rings is 3. The maximum atomic E-state index is 13.7. The highest BCUT2D eigenvalue weighted by Crippen LogP contribution is 2.14. The van der Waals surface area contributed by atoms with Crippen molar-refractivity contribution in [1.29, 1.82) is 0 Å². The molecule has 3 amide bonds. The van der Waals surface area contributed by atoms with Gasteiger partial charge in [-0.2, -0.15) is 0 Å². The van der Waals surface area contributed by atoms with Gasteiger partial charge in [0.05, 0.1) is 10.9 Å². The maximum absolute atomic E-state index is 13.7. The second kappa shape index (κ2) is 13.9. The normalized spacial score (nSPS) is 15.9. The van der Waals surface area contributed by atoms with Crippen LogP contribution in [0.1, 0.15) is 11.1 Å². The highest BCUT2D eigenvalue weighted by molar-refractivity contribution is 7.94. The SMILES string of the molecule is CN1CCN(C(=O)NC(Cc2ccccc2)C(=O)NC(/C=C/S(=O)(=O)c2ccccc2)Cc2ccccc2)CC1. The minimum atomic E-state index is -3.70. The fourth-order valence-electron chi connectivity index (χ4n) is 4.51. The van der Waals surface area contributed by atoms with Gasteiger partial charge in [-0.25, -0.2) is 13.2 Å². The molecule has 210 valence electrons. The summed E-state index contributed by atoms with van der Waals surface area (Å²) >= 11 is 0. The van der Waals surface area contributed by atoms with Crippen LogP contribution in [0.2, 0.25) is 0 Å². The van der Waals surface area contributed by atoms with Gasteiger partial charge in [-0.05, 0) is 36.7 Å². The van der Waals surface area contributed by atoms with Crippen LogP contribution in [0.5, 0.6) is 0 Å². The van der Waals surface area contributed by atoms with Crippen LogP contribution in [0.25, 0.3) is 0 Å². The summed E-state index contributed by atoms with van der Waals surface area (Å²) in [7, 11) is -1.69. The predicted octanol–water partition coefficient (Wildman–Crippen LogP) is 3.27. The van der Waals surface area contributed by atoms with E-state index in [4.69, 9.17) is 0 Å². The summed E-state index contributed by atoms with van der Waals surface area (Å²) in [6.07, 6.45) is 2.20. The van der Waals surface area contributed by atoms with Crippen LogP contribution in [0.3, 0.4) is 0 Å². The van der Waals surface area contributed by atoms with Crippen molar-refractivity contribution in [2.24, 2.45) is 0 Å². The van der Waals surface area contributed by atoms with Gasteiger partial charge in [0.25, 0.3) is 0 Å². The maximum Gasteiger partial charge on any atom is 0.318 e. The number of hydrogen-bond acceptors (Lipinski definition) is 5. The standard InChI is InChI=1S/C31H36N4O4S/c1-34-18-20-35(21-19-34)31(37)33-29(24-26-13-7-3-8-14-26)30(36)32-27(23-25-11-5-2-6-12-25)17-22-40(38,39)28-15-9-4-10-16-28/h2-17,22,27,29H,18-21,23-24H2,1H3,(H,32,36)(H,33,37)/b22-17+. The molecule has 3 aromatic rings. The van der Waals surface area contributed by atoms with Gasteiger partial charge in [-0.3, -0.25) is 4.79 Å². The molecule has 3 aromatic carbocycles. The second-order valence-electron chi connectivity index (χ2n) is 9.97. The zero-order chi connectivity index (χ0) is 28.4. The minimum absolute atomic E-state index is 0.178. The van der Waals surface area contributed by atoms with E-state index in [-0.39, 0.29) is 16.8 Å². The monoisotopic (exact) mass is 560 g/mol. The summed E-state index contributed by atoms with van der Waals surface area (Å²) in [4.78, 5) is 30.9. The summed E-state index contributed by atoms with van der Waals surface area (Å²) < 4.78 is 25.9. The average Bonchev–Trinajstić information content (AvgIpc) is 2.97. The van der Waals surface area contributed by atoms with Gasteiger partial charge < -0.3 is 20.4 Å². The molecule has 1 aliphatic heterocycles. The number of nitrogens with zero attached hydrogens (tertiary/aromatic N) is 2. The van der Waals surface area contributed by atoms with Crippen molar-refractivity contribution in [1.82, 2.24) is 20.4 Å². The predicted molar refractivity (Wildman–Crippen MR) is 156 cm³/mol. The van der Waals surface area contributed by atoms with E-state index in [2.05, 4.69) is 15.5 Å². The van der Waals surface area contributed by atoms with Crippen molar-refractivity contribution in [2.45, 2.75) is 29.8 Å². The Balaban J connectivity index is 1.54. The molecule has 0 aromatic heterocycles. The van der Waals surface area contributed by atoms with Crippen molar-refractivity contribution in [2.75, 3.05) is 33.2 Å². The number of carbonyl (C=O) groups excluding carboxylic acids is 2. The van der Waals surface area contributed by atoms with Crippen molar-refractivity contribution in [3.05, 3.63) is 114 Å². The molecule has 9 heteroatoms. The number of sulfone groups is 1. The quantitative estimate of drug-likeness (QED) is 0.397. The number of likely N-dealkylation sites (N-methyl/N-ethyl adjacent to an activating group) is 1. The lowest BCUT2D eigenvalue weighted by Crippen LogP contribution is -2.56.